The van der Waals surface area contributed by atoms with E-state index < -0.39 is 24.4 Å². The molecule has 0 radical (unpaired) electrons. The van der Waals surface area contributed by atoms with Gasteiger partial charge in [-0.1, -0.05) is 0 Å². The molecule has 2 fully saturated rings. The molecule has 2 aliphatic rings. The molecule has 2 heterocycles. The van der Waals surface area contributed by atoms with Crippen molar-refractivity contribution in [2.75, 3.05) is 63.6 Å². The second kappa shape index (κ2) is 7.17. The minimum absolute atomic E-state index is 0.130. The van der Waals surface area contributed by atoms with Gasteiger partial charge in [0, 0.05) is 46.3 Å². The van der Waals surface area contributed by atoms with Crippen LogP contribution in [0.15, 0.2) is 4.99 Å². The predicted molar refractivity (Wildman–Crippen MR) is 95.9 cm³/mol. The van der Waals surface area contributed by atoms with Crippen molar-refractivity contribution in [3.05, 3.63) is 0 Å². The first kappa shape index (κ1) is 19.5. The molecule has 0 bridgehead atoms. The Morgan fingerprint density at radius 1 is 1.08 bits per heavy atom. The summed E-state index contributed by atoms with van der Waals surface area (Å²) in [6.07, 6.45) is 0. The fourth-order valence-corrected chi connectivity index (χ4v) is 5.60. The van der Waals surface area contributed by atoms with Crippen LogP contribution in [0.5, 0.6) is 0 Å². The molecule has 0 aromatic carbocycles. The number of nitrogens with zero attached hydrogens (tertiary/aromatic N) is 3. The van der Waals surface area contributed by atoms with Crippen molar-refractivity contribution in [3.63, 3.8) is 0 Å². The van der Waals surface area contributed by atoms with Crippen molar-refractivity contribution in [3.8, 4) is 0 Å². The van der Waals surface area contributed by atoms with Crippen LogP contribution in [0.3, 0.4) is 0 Å². The number of nitrogens with one attached hydrogen (secondary N) is 1. The van der Waals surface area contributed by atoms with Gasteiger partial charge in [-0.15, -0.1) is 0 Å². The molecule has 140 valence electrons. The van der Waals surface area contributed by atoms with Gasteiger partial charge in [0.1, 0.15) is 0 Å². The lowest BCUT2D eigenvalue weighted by molar-refractivity contribution is 0.295. The van der Waals surface area contributed by atoms with Crippen molar-refractivity contribution >= 4 is 25.6 Å². The van der Waals surface area contributed by atoms with E-state index in [1.807, 2.05) is 4.90 Å². The third-order valence-electron chi connectivity index (χ3n) is 4.70. The number of aliphatic imine (C=N–C) groups is 1. The van der Waals surface area contributed by atoms with E-state index in [0.717, 1.165) is 6.54 Å². The van der Waals surface area contributed by atoms with Gasteiger partial charge >= 0.3 is 0 Å². The number of hydrogen-bond donors (Lipinski definition) is 1. The molecule has 10 heteroatoms. The van der Waals surface area contributed by atoms with Crippen LogP contribution < -0.4 is 5.32 Å². The molecule has 0 spiro atoms. The Balaban J connectivity index is 1.83. The summed E-state index contributed by atoms with van der Waals surface area (Å²) < 4.78 is 46.2. The maximum atomic E-state index is 12.1. The topological polar surface area (TPSA) is 99.2 Å². The number of guanidine groups is 1. The lowest BCUT2D eigenvalue weighted by atomic mass is 10.2. The van der Waals surface area contributed by atoms with Gasteiger partial charge in [0.05, 0.1) is 22.0 Å². The van der Waals surface area contributed by atoms with Crippen molar-refractivity contribution < 1.29 is 16.8 Å². The van der Waals surface area contributed by atoms with E-state index in [1.165, 1.54) is 0 Å². The largest absolute Gasteiger partial charge is 0.355 e. The highest BCUT2D eigenvalue weighted by Crippen LogP contribution is 2.23. The van der Waals surface area contributed by atoms with Gasteiger partial charge in [0.15, 0.2) is 25.6 Å². The summed E-state index contributed by atoms with van der Waals surface area (Å²) in [5.41, 5.74) is 0. The first-order chi connectivity index (χ1) is 11.1. The average Bonchev–Trinajstić information content (AvgIpc) is 2.48. The van der Waals surface area contributed by atoms with Gasteiger partial charge in [0.25, 0.3) is 0 Å². The van der Waals surface area contributed by atoms with E-state index >= 15 is 0 Å². The monoisotopic (exact) mass is 380 g/mol. The fourth-order valence-electron chi connectivity index (χ4n) is 2.96. The van der Waals surface area contributed by atoms with Crippen LogP contribution >= 0.6 is 0 Å². The fraction of sp³-hybridized carbons (Fsp3) is 0.929. The van der Waals surface area contributed by atoms with Crippen molar-refractivity contribution in [1.29, 1.82) is 0 Å². The predicted octanol–water partition coefficient (Wildman–Crippen LogP) is -1.20. The Morgan fingerprint density at radius 3 is 2.25 bits per heavy atom. The smallest absolute Gasteiger partial charge is 0.193 e. The standard InChI is InChI=1S/C14H28N4O4S2/c1-14(2)12-18(8-11-24(14,21)22)13(15-3)16-4-5-17-6-9-23(19,20)10-7-17/h4-12H2,1-3H3,(H,15,16). The van der Waals surface area contributed by atoms with Crippen LogP contribution in [0.4, 0.5) is 0 Å². The molecular weight excluding hydrogens is 352 g/mol. The molecule has 24 heavy (non-hydrogen) atoms. The molecule has 0 amide bonds. The van der Waals surface area contributed by atoms with E-state index in [-0.39, 0.29) is 17.3 Å². The highest BCUT2D eigenvalue weighted by molar-refractivity contribution is 7.92. The van der Waals surface area contributed by atoms with Gasteiger partial charge in [-0.2, -0.15) is 0 Å². The summed E-state index contributed by atoms with van der Waals surface area (Å²) in [4.78, 5) is 8.34. The van der Waals surface area contributed by atoms with E-state index in [2.05, 4.69) is 15.2 Å². The Morgan fingerprint density at radius 2 is 1.71 bits per heavy atom. The second-order valence-electron chi connectivity index (χ2n) is 6.97. The Kier molecular flexibility index (Phi) is 5.81. The molecule has 0 aromatic heterocycles. The zero-order valence-electron chi connectivity index (χ0n) is 14.7. The molecule has 2 saturated heterocycles. The summed E-state index contributed by atoms with van der Waals surface area (Å²) in [5, 5.41) is 3.26. The van der Waals surface area contributed by atoms with Crippen LogP contribution in [0.1, 0.15) is 13.8 Å². The summed E-state index contributed by atoms with van der Waals surface area (Å²) in [6, 6.07) is 0. The van der Waals surface area contributed by atoms with Crippen molar-refractivity contribution in [2.24, 2.45) is 4.99 Å². The number of rotatable bonds is 3. The Bertz CT molecular complexity index is 672. The minimum atomic E-state index is -3.07. The normalized spacial score (nSPS) is 27.0. The van der Waals surface area contributed by atoms with Crippen LogP contribution in [-0.2, 0) is 19.7 Å². The highest BCUT2D eigenvalue weighted by Gasteiger charge is 2.40. The van der Waals surface area contributed by atoms with E-state index in [4.69, 9.17) is 0 Å². The zero-order valence-corrected chi connectivity index (χ0v) is 16.3. The van der Waals surface area contributed by atoms with Gasteiger partial charge in [-0.25, -0.2) is 16.8 Å². The molecule has 0 aromatic rings. The SMILES string of the molecule is CN=C(NCCN1CCS(=O)(=O)CC1)N1CCS(=O)(=O)C(C)(C)C1. The molecule has 0 saturated carbocycles. The number of sulfone groups is 2. The van der Waals surface area contributed by atoms with Gasteiger partial charge in [-0.05, 0) is 13.8 Å². The maximum Gasteiger partial charge on any atom is 0.193 e. The molecule has 8 nitrogen and oxygen atoms in total. The molecule has 2 aliphatic heterocycles. The zero-order chi connectivity index (χ0) is 18.0. The molecule has 2 rings (SSSR count). The first-order valence-corrected chi connectivity index (χ1v) is 11.6. The maximum absolute atomic E-state index is 12.1. The number of hydrogen-bond acceptors (Lipinski definition) is 6. The third-order valence-corrected chi connectivity index (χ3v) is 8.85. The van der Waals surface area contributed by atoms with E-state index in [1.54, 1.807) is 20.9 Å². The Labute approximate surface area is 145 Å². The van der Waals surface area contributed by atoms with Gasteiger partial charge in [0.2, 0.25) is 0 Å². The molecular formula is C14H28N4O4S2. The van der Waals surface area contributed by atoms with Gasteiger partial charge in [-0.3, -0.25) is 9.89 Å². The summed E-state index contributed by atoms with van der Waals surface area (Å²) in [6.45, 7) is 6.87. The lowest BCUT2D eigenvalue weighted by Gasteiger charge is -2.39. The molecule has 1 N–H and O–H groups in total. The van der Waals surface area contributed by atoms with Crippen LogP contribution in [-0.4, -0.2) is 101 Å². The average molecular weight is 381 g/mol. The van der Waals surface area contributed by atoms with Crippen LogP contribution in [0, 0.1) is 0 Å². The van der Waals surface area contributed by atoms with E-state index in [9.17, 15) is 16.8 Å². The summed E-state index contributed by atoms with van der Waals surface area (Å²) in [5.74, 6) is 1.27. The van der Waals surface area contributed by atoms with Crippen molar-refractivity contribution in [1.82, 2.24) is 15.1 Å². The molecule has 0 aliphatic carbocycles. The molecule has 0 atom stereocenters. The van der Waals surface area contributed by atoms with Crippen molar-refractivity contribution in [2.45, 2.75) is 18.6 Å². The molecule has 0 unspecified atom stereocenters. The van der Waals surface area contributed by atoms with E-state index in [0.29, 0.717) is 38.7 Å². The third kappa shape index (κ3) is 4.60. The Hall–Kier alpha value is -0.870. The minimum Gasteiger partial charge on any atom is -0.355 e. The second-order valence-corrected chi connectivity index (χ2v) is 12.0. The van der Waals surface area contributed by atoms with Gasteiger partial charge < -0.3 is 10.2 Å². The lowest BCUT2D eigenvalue weighted by Crippen LogP contribution is -2.57. The van der Waals surface area contributed by atoms with Crippen LogP contribution in [0.25, 0.3) is 0 Å². The summed E-state index contributed by atoms with van der Waals surface area (Å²) >= 11 is 0. The quantitative estimate of drug-likeness (QED) is 0.485. The summed E-state index contributed by atoms with van der Waals surface area (Å²) in [7, 11) is -4.24. The van der Waals surface area contributed by atoms with Crippen LogP contribution in [0.2, 0.25) is 0 Å². The highest BCUT2D eigenvalue weighted by atomic mass is 32.2. The first-order valence-electron chi connectivity index (χ1n) is 8.17.